The van der Waals surface area contributed by atoms with Crippen LogP contribution in [-0.4, -0.2) is 11.0 Å². The molecule has 1 aromatic heterocycles. The van der Waals surface area contributed by atoms with E-state index in [0.29, 0.717) is 6.04 Å². The zero-order valence-electron chi connectivity index (χ0n) is 8.53. The normalized spacial score (nSPS) is 32.0. The molecule has 0 radical (unpaired) electrons. The van der Waals surface area contributed by atoms with Crippen LogP contribution in [0.4, 0.5) is 5.69 Å². The molecule has 1 heterocycles. The first-order valence-corrected chi connectivity index (χ1v) is 5.07. The van der Waals surface area contributed by atoms with Crippen LogP contribution >= 0.6 is 0 Å². The molecule has 0 amide bonds. The number of nitrogens with zero attached hydrogens (tertiary/aromatic N) is 1. The maximum atomic E-state index is 5.95. The number of anilines is 1. The Hall–Kier alpha value is -1.09. The number of nitrogen functional groups attached to an aromatic ring is 1. The van der Waals surface area contributed by atoms with Crippen LogP contribution in [0, 0.1) is 0 Å². The molecule has 0 saturated heterocycles. The molecule has 0 aliphatic heterocycles. The zero-order valence-corrected chi connectivity index (χ0v) is 8.53. The van der Waals surface area contributed by atoms with Gasteiger partial charge in [-0.15, -0.1) is 0 Å². The van der Waals surface area contributed by atoms with Gasteiger partial charge in [0.1, 0.15) is 0 Å². The van der Waals surface area contributed by atoms with E-state index in [9.17, 15) is 0 Å². The molecule has 0 aromatic carbocycles. The summed E-state index contributed by atoms with van der Waals surface area (Å²) in [5.41, 5.74) is 14.0. The van der Waals surface area contributed by atoms with Gasteiger partial charge in [0, 0.05) is 24.1 Å². The van der Waals surface area contributed by atoms with Gasteiger partial charge in [0.05, 0.1) is 0 Å². The van der Waals surface area contributed by atoms with Crippen LogP contribution in [-0.2, 0) is 5.41 Å². The maximum absolute atomic E-state index is 5.95. The Morgan fingerprint density at radius 1 is 1.57 bits per heavy atom. The van der Waals surface area contributed by atoms with E-state index < -0.39 is 0 Å². The summed E-state index contributed by atoms with van der Waals surface area (Å²) in [6.07, 6.45) is 6.84. The summed E-state index contributed by atoms with van der Waals surface area (Å²) in [5.74, 6) is 0. The summed E-state index contributed by atoms with van der Waals surface area (Å²) in [5, 5.41) is 0. The highest BCUT2D eigenvalue weighted by Crippen LogP contribution is 2.41. The minimum Gasteiger partial charge on any atom is -0.398 e. The largest absolute Gasteiger partial charge is 0.398 e. The summed E-state index contributed by atoms with van der Waals surface area (Å²) >= 11 is 0. The summed E-state index contributed by atoms with van der Waals surface area (Å²) in [6, 6.07) is 2.18. The highest BCUT2D eigenvalue weighted by molar-refractivity contribution is 5.49. The minimum atomic E-state index is 0.137. The summed E-state index contributed by atoms with van der Waals surface area (Å²) in [4.78, 5) is 4.14. The lowest BCUT2D eigenvalue weighted by molar-refractivity contribution is 0.482. The molecule has 76 valence electrons. The van der Waals surface area contributed by atoms with Gasteiger partial charge in [0.15, 0.2) is 0 Å². The van der Waals surface area contributed by atoms with Crippen molar-refractivity contribution in [2.75, 3.05) is 5.73 Å². The number of rotatable bonds is 1. The molecule has 3 heteroatoms. The Morgan fingerprint density at radius 2 is 2.36 bits per heavy atom. The molecule has 1 aliphatic carbocycles. The molecule has 3 nitrogen and oxygen atoms in total. The monoisotopic (exact) mass is 191 g/mol. The summed E-state index contributed by atoms with van der Waals surface area (Å²) in [6.45, 7) is 2.23. The van der Waals surface area contributed by atoms with E-state index >= 15 is 0 Å². The van der Waals surface area contributed by atoms with Gasteiger partial charge in [-0.3, -0.25) is 4.98 Å². The minimum absolute atomic E-state index is 0.137. The summed E-state index contributed by atoms with van der Waals surface area (Å²) < 4.78 is 0. The average molecular weight is 191 g/mol. The third-order valence-corrected chi connectivity index (χ3v) is 3.28. The smallest absolute Gasteiger partial charge is 0.0383 e. The van der Waals surface area contributed by atoms with Gasteiger partial charge in [0.2, 0.25) is 0 Å². The zero-order chi connectivity index (χ0) is 10.2. The predicted molar refractivity (Wildman–Crippen MR) is 57.8 cm³/mol. The van der Waals surface area contributed by atoms with Crippen LogP contribution in [0.3, 0.4) is 0 Å². The van der Waals surface area contributed by atoms with Crippen LogP contribution < -0.4 is 11.5 Å². The third kappa shape index (κ3) is 1.48. The van der Waals surface area contributed by atoms with Crippen molar-refractivity contribution < 1.29 is 0 Å². The average Bonchev–Trinajstić information content (AvgIpc) is 2.48. The van der Waals surface area contributed by atoms with Gasteiger partial charge < -0.3 is 11.5 Å². The van der Waals surface area contributed by atoms with Crippen molar-refractivity contribution >= 4 is 5.69 Å². The molecule has 2 atom stereocenters. The molecule has 4 N–H and O–H groups in total. The number of aromatic nitrogens is 1. The van der Waals surface area contributed by atoms with E-state index in [1.807, 2.05) is 12.3 Å². The molecule has 2 unspecified atom stereocenters. The Balaban J connectivity index is 2.35. The molecule has 1 fully saturated rings. The third-order valence-electron chi connectivity index (χ3n) is 3.28. The highest BCUT2D eigenvalue weighted by Gasteiger charge is 2.36. The molecular weight excluding hydrogens is 174 g/mol. The van der Waals surface area contributed by atoms with Gasteiger partial charge in [-0.05, 0) is 36.3 Å². The fourth-order valence-corrected chi connectivity index (χ4v) is 2.44. The molecule has 1 aromatic rings. The second-order valence-corrected chi connectivity index (χ2v) is 4.53. The fourth-order valence-electron chi connectivity index (χ4n) is 2.44. The maximum Gasteiger partial charge on any atom is 0.0383 e. The summed E-state index contributed by atoms with van der Waals surface area (Å²) in [7, 11) is 0. The second-order valence-electron chi connectivity index (χ2n) is 4.53. The van der Waals surface area contributed by atoms with Crippen molar-refractivity contribution in [1.29, 1.82) is 0 Å². The van der Waals surface area contributed by atoms with Crippen molar-refractivity contribution in [2.45, 2.75) is 37.6 Å². The van der Waals surface area contributed by atoms with E-state index in [4.69, 9.17) is 11.5 Å². The number of nitrogens with two attached hydrogens (primary N) is 2. The van der Waals surface area contributed by atoms with Crippen LogP contribution in [0.1, 0.15) is 31.7 Å². The van der Waals surface area contributed by atoms with Gasteiger partial charge in [0.25, 0.3) is 0 Å². The lowest BCUT2D eigenvalue weighted by Crippen LogP contribution is -2.23. The Kier molecular flexibility index (Phi) is 2.19. The van der Waals surface area contributed by atoms with Crippen molar-refractivity contribution in [1.82, 2.24) is 4.98 Å². The fraction of sp³-hybridized carbons (Fsp3) is 0.545. The molecular formula is C11H17N3. The second kappa shape index (κ2) is 3.24. The predicted octanol–water partition coefficient (Wildman–Crippen LogP) is 1.43. The molecule has 1 saturated carbocycles. The SMILES string of the molecule is CC1(c2cnccc2N)CCC(N)C1. The molecule has 1 aliphatic rings. The van der Waals surface area contributed by atoms with Crippen LogP contribution in [0.5, 0.6) is 0 Å². The Bertz CT molecular complexity index is 337. The van der Waals surface area contributed by atoms with Crippen LogP contribution in [0.2, 0.25) is 0 Å². The van der Waals surface area contributed by atoms with Gasteiger partial charge in [-0.2, -0.15) is 0 Å². The lowest BCUT2D eigenvalue weighted by atomic mass is 9.81. The van der Waals surface area contributed by atoms with Crippen LogP contribution in [0.15, 0.2) is 18.5 Å². The van der Waals surface area contributed by atoms with Gasteiger partial charge in [-0.25, -0.2) is 0 Å². The first kappa shape index (κ1) is 9.46. The highest BCUT2D eigenvalue weighted by atomic mass is 14.7. The number of hydrogen-bond acceptors (Lipinski definition) is 3. The number of hydrogen-bond donors (Lipinski definition) is 2. The van der Waals surface area contributed by atoms with Crippen molar-refractivity contribution in [2.24, 2.45) is 5.73 Å². The Labute approximate surface area is 84.5 Å². The first-order chi connectivity index (χ1) is 6.62. The lowest BCUT2D eigenvalue weighted by Gasteiger charge is -2.25. The Morgan fingerprint density at radius 3 is 2.93 bits per heavy atom. The van der Waals surface area contributed by atoms with E-state index in [2.05, 4.69) is 11.9 Å². The van der Waals surface area contributed by atoms with E-state index in [1.54, 1.807) is 6.20 Å². The van der Waals surface area contributed by atoms with Crippen molar-refractivity contribution in [3.63, 3.8) is 0 Å². The van der Waals surface area contributed by atoms with E-state index in [1.165, 1.54) is 0 Å². The quantitative estimate of drug-likeness (QED) is 0.705. The van der Waals surface area contributed by atoms with E-state index in [0.717, 1.165) is 30.5 Å². The first-order valence-electron chi connectivity index (χ1n) is 5.07. The topological polar surface area (TPSA) is 64.9 Å². The molecule has 0 spiro atoms. The standard InChI is InChI=1S/C11H17N3/c1-11(4-2-8(12)6-11)9-7-14-5-3-10(9)13/h3,5,7-8H,2,4,6,12H2,1H3,(H2,13,14). The van der Waals surface area contributed by atoms with Crippen molar-refractivity contribution in [3.05, 3.63) is 24.0 Å². The van der Waals surface area contributed by atoms with Crippen molar-refractivity contribution in [3.8, 4) is 0 Å². The molecule has 2 rings (SSSR count). The van der Waals surface area contributed by atoms with Gasteiger partial charge in [-0.1, -0.05) is 6.92 Å². The van der Waals surface area contributed by atoms with Gasteiger partial charge >= 0.3 is 0 Å². The van der Waals surface area contributed by atoms with Crippen LogP contribution in [0.25, 0.3) is 0 Å². The molecule has 0 bridgehead atoms. The van der Waals surface area contributed by atoms with E-state index in [-0.39, 0.29) is 5.41 Å². The number of pyridine rings is 1. The molecule has 14 heavy (non-hydrogen) atoms.